The summed E-state index contributed by atoms with van der Waals surface area (Å²) in [6.07, 6.45) is 0. The number of hydrogen-bond acceptors (Lipinski definition) is 7. The Balaban J connectivity index is 1.35. The quantitative estimate of drug-likeness (QED) is 0.223. The molecule has 0 aliphatic carbocycles. The number of hydrogen-bond donors (Lipinski definition) is 1. The van der Waals surface area contributed by atoms with Gasteiger partial charge in [-0.2, -0.15) is 0 Å². The van der Waals surface area contributed by atoms with Gasteiger partial charge in [0.1, 0.15) is 10.6 Å². The molecule has 1 amide bonds. The van der Waals surface area contributed by atoms with E-state index in [1.807, 2.05) is 17.5 Å². The molecule has 9 heteroatoms. The molecular weight excluding hydrogens is 482 g/mol. The zero-order valence-electron chi connectivity index (χ0n) is 19.5. The number of benzene rings is 2. The molecule has 2 aromatic heterocycles. The standard InChI is InChI=1S/C26H23N3O4S2/c1-14(2)15-4-6-16(7-5-15)18-12-34-25-23(18)24(32)27-26(28-25)35-13-20(30)17-8-9-21-19(10-17)29(3)22(31)11-33-21/h4-10,12,14H,11,13H2,1-3H3,(H,27,28,32). The molecule has 4 aromatic rings. The van der Waals surface area contributed by atoms with Gasteiger partial charge in [0.2, 0.25) is 0 Å². The zero-order valence-corrected chi connectivity index (χ0v) is 21.1. The van der Waals surface area contributed by atoms with Crippen LogP contribution in [0.4, 0.5) is 5.69 Å². The lowest BCUT2D eigenvalue weighted by Crippen LogP contribution is -2.35. The number of rotatable bonds is 6. The van der Waals surface area contributed by atoms with Gasteiger partial charge in [0.25, 0.3) is 11.5 Å². The first-order valence-electron chi connectivity index (χ1n) is 11.1. The second kappa shape index (κ2) is 9.31. The maximum absolute atomic E-state index is 12.9. The molecule has 0 radical (unpaired) electrons. The minimum atomic E-state index is -0.222. The third-order valence-electron chi connectivity index (χ3n) is 6.02. The molecule has 35 heavy (non-hydrogen) atoms. The minimum Gasteiger partial charge on any atom is -0.482 e. The van der Waals surface area contributed by atoms with Crippen LogP contribution in [-0.2, 0) is 4.79 Å². The van der Waals surface area contributed by atoms with Gasteiger partial charge in [-0.05, 0) is 35.2 Å². The highest BCUT2D eigenvalue weighted by atomic mass is 32.2. The van der Waals surface area contributed by atoms with Crippen molar-refractivity contribution in [2.75, 3.05) is 24.3 Å². The van der Waals surface area contributed by atoms with Crippen LogP contribution in [0, 0.1) is 0 Å². The summed E-state index contributed by atoms with van der Waals surface area (Å²) >= 11 is 2.59. The normalized spacial score (nSPS) is 13.3. The molecular formula is C26H23N3O4S2. The van der Waals surface area contributed by atoms with Crippen LogP contribution >= 0.6 is 23.1 Å². The third-order valence-corrected chi connectivity index (χ3v) is 7.76. The first kappa shape index (κ1) is 23.3. The number of carbonyl (C=O) groups excluding carboxylic acids is 2. The Labute approximate surface area is 210 Å². The average molecular weight is 506 g/mol. The number of amides is 1. The summed E-state index contributed by atoms with van der Waals surface area (Å²) in [6, 6.07) is 13.3. The number of aromatic nitrogens is 2. The predicted molar refractivity (Wildman–Crippen MR) is 140 cm³/mol. The van der Waals surface area contributed by atoms with Crippen molar-refractivity contribution in [3.63, 3.8) is 0 Å². The maximum Gasteiger partial charge on any atom is 0.264 e. The average Bonchev–Trinajstić information content (AvgIpc) is 3.29. The second-order valence-electron chi connectivity index (χ2n) is 8.61. The Morgan fingerprint density at radius 2 is 1.97 bits per heavy atom. The number of Topliss-reactive ketones (excluding diaryl/α,β-unsaturated/α-hetero) is 1. The third kappa shape index (κ3) is 4.49. The first-order chi connectivity index (χ1) is 16.8. The van der Waals surface area contributed by atoms with Gasteiger partial charge in [0.05, 0.1) is 16.8 Å². The second-order valence-corrected chi connectivity index (χ2v) is 10.4. The Bertz CT molecular complexity index is 1510. The highest BCUT2D eigenvalue weighted by molar-refractivity contribution is 7.99. The number of likely N-dealkylation sites (N-methyl/N-ethyl adjacent to an activating group) is 1. The van der Waals surface area contributed by atoms with Crippen LogP contribution in [0.5, 0.6) is 5.75 Å². The lowest BCUT2D eigenvalue weighted by molar-refractivity contribution is -0.120. The van der Waals surface area contributed by atoms with E-state index in [9.17, 15) is 14.4 Å². The summed E-state index contributed by atoms with van der Waals surface area (Å²) in [5.74, 6) is 0.802. The van der Waals surface area contributed by atoms with E-state index in [1.165, 1.54) is 33.6 Å². The number of carbonyl (C=O) groups is 2. The molecule has 0 saturated carbocycles. The van der Waals surface area contributed by atoms with E-state index in [0.29, 0.717) is 38.3 Å². The van der Waals surface area contributed by atoms with Gasteiger partial charge in [0.15, 0.2) is 17.5 Å². The molecule has 0 spiro atoms. The van der Waals surface area contributed by atoms with Crippen molar-refractivity contribution >= 4 is 50.7 Å². The number of H-pyrrole nitrogens is 1. The van der Waals surface area contributed by atoms with E-state index in [4.69, 9.17) is 4.74 Å². The Morgan fingerprint density at radius 3 is 2.71 bits per heavy atom. The number of aromatic amines is 1. The monoisotopic (exact) mass is 505 g/mol. The summed E-state index contributed by atoms with van der Waals surface area (Å²) < 4.78 is 5.42. The molecule has 2 aromatic carbocycles. The van der Waals surface area contributed by atoms with Crippen molar-refractivity contribution in [1.82, 2.24) is 9.97 Å². The van der Waals surface area contributed by atoms with Gasteiger partial charge < -0.3 is 14.6 Å². The number of ketones is 1. The van der Waals surface area contributed by atoms with Crippen molar-refractivity contribution in [3.8, 4) is 16.9 Å². The van der Waals surface area contributed by atoms with Gasteiger partial charge in [-0.25, -0.2) is 4.98 Å². The molecule has 178 valence electrons. The van der Waals surface area contributed by atoms with Crippen molar-refractivity contribution in [2.24, 2.45) is 0 Å². The summed E-state index contributed by atoms with van der Waals surface area (Å²) in [5.41, 5.74) is 3.89. The molecule has 1 aliphatic rings. The molecule has 0 bridgehead atoms. The molecule has 5 rings (SSSR count). The van der Waals surface area contributed by atoms with Crippen molar-refractivity contribution < 1.29 is 14.3 Å². The molecule has 1 N–H and O–H groups in total. The van der Waals surface area contributed by atoms with Crippen LogP contribution in [0.1, 0.15) is 35.7 Å². The van der Waals surface area contributed by atoms with E-state index in [2.05, 4.69) is 35.9 Å². The van der Waals surface area contributed by atoms with Crippen LogP contribution < -0.4 is 15.2 Å². The van der Waals surface area contributed by atoms with E-state index in [1.54, 1.807) is 25.2 Å². The summed E-state index contributed by atoms with van der Waals surface area (Å²) in [7, 11) is 1.66. The Kier molecular flexibility index (Phi) is 6.21. The number of thioether (sulfide) groups is 1. The zero-order chi connectivity index (χ0) is 24.7. The number of thiophene rings is 1. The number of nitrogens with one attached hydrogen (secondary N) is 1. The number of fused-ring (bicyclic) bond motifs is 2. The minimum absolute atomic E-state index is 0.0121. The van der Waals surface area contributed by atoms with Crippen LogP contribution in [0.2, 0.25) is 0 Å². The van der Waals surface area contributed by atoms with Gasteiger partial charge in [0, 0.05) is 23.6 Å². The van der Waals surface area contributed by atoms with Crippen molar-refractivity contribution in [2.45, 2.75) is 24.9 Å². The number of nitrogens with zero attached hydrogens (tertiary/aromatic N) is 2. The fourth-order valence-corrected chi connectivity index (χ4v) is 5.68. The topological polar surface area (TPSA) is 92.4 Å². The molecule has 0 unspecified atom stereocenters. The largest absolute Gasteiger partial charge is 0.482 e. The number of anilines is 1. The molecule has 1 aliphatic heterocycles. The lowest BCUT2D eigenvalue weighted by Gasteiger charge is -2.26. The summed E-state index contributed by atoms with van der Waals surface area (Å²) in [4.78, 5) is 47.2. The first-order valence-corrected chi connectivity index (χ1v) is 13.0. The van der Waals surface area contributed by atoms with Crippen LogP contribution in [0.3, 0.4) is 0 Å². The Hall–Kier alpha value is -3.43. The fourth-order valence-electron chi connectivity index (χ4n) is 3.92. The molecule has 3 heterocycles. The SMILES string of the molecule is CC(C)c1ccc(-c2csc3nc(SCC(=O)c4ccc5c(c4)N(C)C(=O)CO5)[nH]c(=O)c23)cc1. The lowest BCUT2D eigenvalue weighted by atomic mass is 9.99. The van der Waals surface area contributed by atoms with Gasteiger partial charge in [-0.3, -0.25) is 14.4 Å². The molecule has 0 atom stereocenters. The van der Waals surface area contributed by atoms with Crippen molar-refractivity contribution in [3.05, 3.63) is 69.3 Å². The Morgan fingerprint density at radius 1 is 1.20 bits per heavy atom. The summed E-state index contributed by atoms with van der Waals surface area (Å²) in [5, 5.41) is 2.91. The number of ether oxygens (including phenoxy) is 1. The smallest absolute Gasteiger partial charge is 0.264 e. The van der Waals surface area contributed by atoms with Crippen LogP contribution in [-0.4, -0.2) is 41.1 Å². The highest BCUT2D eigenvalue weighted by Gasteiger charge is 2.23. The van der Waals surface area contributed by atoms with E-state index < -0.39 is 0 Å². The molecule has 0 fully saturated rings. The van der Waals surface area contributed by atoms with E-state index >= 15 is 0 Å². The van der Waals surface area contributed by atoms with Crippen molar-refractivity contribution in [1.29, 1.82) is 0 Å². The molecule has 7 nitrogen and oxygen atoms in total. The van der Waals surface area contributed by atoms with Crippen LogP contribution in [0.15, 0.2) is 57.8 Å². The maximum atomic E-state index is 12.9. The molecule has 0 saturated heterocycles. The van der Waals surface area contributed by atoms with Crippen LogP contribution in [0.25, 0.3) is 21.3 Å². The van der Waals surface area contributed by atoms with Gasteiger partial charge >= 0.3 is 0 Å². The van der Waals surface area contributed by atoms with Gasteiger partial charge in [-0.15, -0.1) is 11.3 Å². The van der Waals surface area contributed by atoms with E-state index in [-0.39, 0.29) is 29.6 Å². The summed E-state index contributed by atoms with van der Waals surface area (Å²) in [6.45, 7) is 4.28. The van der Waals surface area contributed by atoms with Gasteiger partial charge in [-0.1, -0.05) is 49.9 Å². The highest BCUT2D eigenvalue weighted by Crippen LogP contribution is 2.34. The predicted octanol–water partition coefficient (Wildman–Crippen LogP) is 5.11. The fraction of sp³-hybridized carbons (Fsp3) is 0.231. The van der Waals surface area contributed by atoms with E-state index in [0.717, 1.165) is 11.1 Å².